The Kier molecular flexibility index (Phi) is 4.52. The van der Waals surface area contributed by atoms with E-state index in [0.29, 0.717) is 12.2 Å². The smallest absolute Gasteiger partial charge is 0.248 e. The van der Waals surface area contributed by atoms with E-state index in [4.69, 9.17) is 10.5 Å². The minimum Gasteiger partial charge on any atom is -0.493 e. The van der Waals surface area contributed by atoms with Crippen molar-refractivity contribution in [3.63, 3.8) is 0 Å². The molecule has 1 aromatic rings. The van der Waals surface area contributed by atoms with E-state index in [2.05, 4.69) is 41.5 Å². The molecule has 0 heterocycles. The van der Waals surface area contributed by atoms with Gasteiger partial charge in [-0.2, -0.15) is 0 Å². The molecule has 3 heteroatoms. The second kappa shape index (κ2) is 5.47. The van der Waals surface area contributed by atoms with Crippen LogP contribution in [0.5, 0.6) is 5.75 Å². The SMILES string of the molecule is CCOc1c(C(C)(C)C)cc(C(N)=O)cc1C(C)(C)C. The number of ether oxygens (including phenoxy) is 1. The number of hydrogen-bond acceptors (Lipinski definition) is 2. The Morgan fingerprint density at radius 1 is 1.05 bits per heavy atom. The monoisotopic (exact) mass is 277 g/mol. The fourth-order valence-corrected chi connectivity index (χ4v) is 2.19. The molecule has 2 N–H and O–H groups in total. The second-order valence-corrected chi connectivity index (χ2v) is 7.20. The zero-order chi connectivity index (χ0) is 15.7. The molecule has 0 fully saturated rings. The van der Waals surface area contributed by atoms with Gasteiger partial charge in [-0.3, -0.25) is 4.79 Å². The van der Waals surface area contributed by atoms with Gasteiger partial charge >= 0.3 is 0 Å². The summed E-state index contributed by atoms with van der Waals surface area (Å²) in [6.07, 6.45) is 0. The van der Waals surface area contributed by atoms with E-state index in [-0.39, 0.29) is 10.8 Å². The number of amides is 1. The highest BCUT2D eigenvalue weighted by molar-refractivity contribution is 5.93. The molecule has 1 rings (SSSR count). The molecule has 20 heavy (non-hydrogen) atoms. The lowest BCUT2D eigenvalue weighted by Gasteiger charge is -2.30. The molecule has 0 radical (unpaired) electrons. The van der Waals surface area contributed by atoms with Gasteiger partial charge in [-0.25, -0.2) is 0 Å². The van der Waals surface area contributed by atoms with Crippen molar-refractivity contribution >= 4 is 5.91 Å². The van der Waals surface area contributed by atoms with Gasteiger partial charge in [0.1, 0.15) is 5.75 Å². The van der Waals surface area contributed by atoms with Crippen molar-refractivity contribution in [1.29, 1.82) is 0 Å². The molecule has 0 aliphatic carbocycles. The molecule has 0 aliphatic heterocycles. The van der Waals surface area contributed by atoms with Crippen LogP contribution in [-0.4, -0.2) is 12.5 Å². The maximum atomic E-state index is 11.6. The van der Waals surface area contributed by atoms with Crippen LogP contribution in [0.15, 0.2) is 12.1 Å². The van der Waals surface area contributed by atoms with Crippen LogP contribution in [0.1, 0.15) is 70.0 Å². The Labute approximate surface area is 122 Å². The van der Waals surface area contributed by atoms with E-state index in [9.17, 15) is 4.79 Å². The molecular formula is C17H27NO2. The number of nitrogens with two attached hydrogens (primary N) is 1. The van der Waals surface area contributed by atoms with Crippen LogP contribution in [-0.2, 0) is 10.8 Å². The van der Waals surface area contributed by atoms with Crippen LogP contribution in [0.4, 0.5) is 0 Å². The summed E-state index contributed by atoms with van der Waals surface area (Å²) in [5.74, 6) is 0.488. The quantitative estimate of drug-likeness (QED) is 0.914. The van der Waals surface area contributed by atoms with Gasteiger partial charge in [-0.15, -0.1) is 0 Å². The summed E-state index contributed by atoms with van der Waals surface area (Å²) in [5, 5.41) is 0. The number of rotatable bonds is 3. The third-order valence-electron chi connectivity index (χ3n) is 3.28. The zero-order valence-electron chi connectivity index (χ0n) is 13.8. The van der Waals surface area contributed by atoms with E-state index < -0.39 is 5.91 Å². The fourth-order valence-electron chi connectivity index (χ4n) is 2.19. The van der Waals surface area contributed by atoms with Crippen LogP contribution >= 0.6 is 0 Å². The molecule has 1 aromatic carbocycles. The maximum absolute atomic E-state index is 11.6. The molecule has 3 nitrogen and oxygen atoms in total. The van der Waals surface area contributed by atoms with Gasteiger partial charge in [-0.05, 0) is 29.9 Å². The summed E-state index contributed by atoms with van der Waals surface area (Å²) in [7, 11) is 0. The molecule has 0 spiro atoms. The summed E-state index contributed by atoms with van der Waals surface area (Å²) in [6, 6.07) is 3.73. The fraction of sp³-hybridized carbons (Fsp3) is 0.588. The number of benzene rings is 1. The van der Waals surface area contributed by atoms with Crippen LogP contribution in [0, 0.1) is 0 Å². The van der Waals surface area contributed by atoms with Gasteiger partial charge in [-0.1, -0.05) is 41.5 Å². The van der Waals surface area contributed by atoms with Gasteiger partial charge in [0.25, 0.3) is 0 Å². The van der Waals surface area contributed by atoms with Gasteiger partial charge in [0.15, 0.2) is 0 Å². The topological polar surface area (TPSA) is 52.3 Å². The van der Waals surface area contributed by atoms with E-state index in [1.807, 2.05) is 19.1 Å². The number of hydrogen-bond donors (Lipinski definition) is 1. The molecule has 0 bridgehead atoms. The summed E-state index contributed by atoms with van der Waals surface area (Å²) < 4.78 is 5.90. The molecule has 1 amide bonds. The van der Waals surface area contributed by atoms with Crippen molar-refractivity contribution < 1.29 is 9.53 Å². The maximum Gasteiger partial charge on any atom is 0.248 e. The average Bonchev–Trinajstić information content (AvgIpc) is 2.26. The summed E-state index contributed by atoms with van der Waals surface area (Å²) in [6.45, 7) is 15.3. The number of carbonyl (C=O) groups is 1. The van der Waals surface area contributed by atoms with Crippen molar-refractivity contribution in [2.45, 2.75) is 59.3 Å². The van der Waals surface area contributed by atoms with E-state index in [0.717, 1.165) is 16.9 Å². The van der Waals surface area contributed by atoms with E-state index >= 15 is 0 Å². The Hall–Kier alpha value is -1.51. The lowest BCUT2D eigenvalue weighted by Crippen LogP contribution is -2.22. The molecule has 0 aromatic heterocycles. The lowest BCUT2D eigenvalue weighted by molar-refractivity contribution is 0.1000. The van der Waals surface area contributed by atoms with Gasteiger partial charge in [0, 0.05) is 16.7 Å². The van der Waals surface area contributed by atoms with Crippen LogP contribution in [0.3, 0.4) is 0 Å². The van der Waals surface area contributed by atoms with Crippen LogP contribution in [0.25, 0.3) is 0 Å². The molecule has 0 atom stereocenters. The molecule has 0 unspecified atom stereocenters. The normalized spacial score (nSPS) is 12.3. The van der Waals surface area contributed by atoms with E-state index in [1.165, 1.54) is 0 Å². The summed E-state index contributed by atoms with van der Waals surface area (Å²) in [4.78, 5) is 11.6. The Balaban J connectivity index is 3.71. The first-order valence-electron chi connectivity index (χ1n) is 7.10. The van der Waals surface area contributed by atoms with Gasteiger partial charge < -0.3 is 10.5 Å². The van der Waals surface area contributed by atoms with Crippen LogP contribution < -0.4 is 10.5 Å². The average molecular weight is 277 g/mol. The predicted octanol–water partition coefficient (Wildman–Crippen LogP) is 3.78. The van der Waals surface area contributed by atoms with Gasteiger partial charge in [0.2, 0.25) is 5.91 Å². The Morgan fingerprint density at radius 2 is 1.45 bits per heavy atom. The first-order chi connectivity index (χ1) is 8.98. The lowest BCUT2D eigenvalue weighted by atomic mass is 9.78. The predicted molar refractivity (Wildman–Crippen MR) is 83.5 cm³/mol. The van der Waals surface area contributed by atoms with Crippen molar-refractivity contribution in [1.82, 2.24) is 0 Å². The molecular weight excluding hydrogens is 250 g/mol. The number of primary amides is 1. The largest absolute Gasteiger partial charge is 0.493 e. The first kappa shape index (κ1) is 16.5. The number of carbonyl (C=O) groups excluding carboxylic acids is 1. The zero-order valence-corrected chi connectivity index (χ0v) is 13.8. The molecule has 112 valence electrons. The molecule has 0 saturated carbocycles. The minimum atomic E-state index is -0.399. The van der Waals surface area contributed by atoms with Crippen LogP contribution in [0.2, 0.25) is 0 Å². The summed E-state index contributed by atoms with van der Waals surface area (Å²) >= 11 is 0. The van der Waals surface area contributed by atoms with Crippen molar-refractivity contribution in [3.05, 3.63) is 28.8 Å². The Morgan fingerprint density at radius 3 is 1.70 bits per heavy atom. The molecule has 0 aliphatic rings. The first-order valence-corrected chi connectivity index (χ1v) is 7.10. The Bertz CT molecular complexity index is 470. The second-order valence-electron chi connectivity index (χ2n) is 7.20. The van der Waals surface area contributed by atoms with Gasteiger partial charge in [0.05, 0.1) is 6.61 Å². The highest BCUT2D eigenvalue weighted by Crippen LogP contribution is 2.40. The highest BCUT2D eigenvalue weighted by atomic mass is 16.5. The minimum absolute atomic E-state index is 0.115. The molecule has 0 saturated heterocycles. The third kappa shape index (κ3) is 3.53. The standard InChI is InChI=1S/C17H27NO2/c1-8-20-14-12(16(2,3)4)9-11(15(18)19)10-13(14)17(5,6)7/h9-10H,8H2,1-7H3,(H2,18,19). The van der Waals surface area contributed by atoms with E-state index in [1.54, 1.807) is 0 Å². The summed E-state index contributed by atoms with van der Waals surface area (Å²) in [5.41, 5.74) is 7.85. The van der Waals surface area contributed by atoms with Crippen molar-refractivity contribution in [2.75, 3.05) is 6.61 Å². The highest BCUT2D eigenvalue weighted by Gasteiger charge is 2.28. The third-order valence-corrected chi connectivity index (χ3v) is 3.28. The van der Waals surface area contributed by atoms with Crippen molar-refractivity contribution in [2.24, 2.45) is 5.73 Å². The van der Waals surface area contributed by atoms with Crippen molar-refractivity contribution in [3.8, 4) is 5.75 Å².